The highest BCUT2D eigenvalue weighted by Gasteiger charge is 2.33. The van der Waals surface area contributed by atoms with Crippen LogP contribution in [0, 0.1) is 20.8 Å². The molecule has 0 bridgehead atoms. The second-order valence-corrected chi connectivity index (χ2v) is 10.5. The van der Waals surface area contributed by atoms with Crippen LogP contribution in [0.1, 0.15) is 41.7 Å². The van der Waals surface area contributed by atoms with Crippen molar-refractivity contribution in [3.63, 3.8) is 0 Å². The number of nitrogens with one attached hydrogen (secondary N) is 1. The normalized spacial score (nSPS) is 16.3. The zero-order chi connectivity index (χ0) is 28.4. The van der Waals surface area contributed by atoms with Gasteiger partial charge in [-0.15, -0.1) is 4.74 Å². The second-order valence-electron chi connectivity index (χ2n) is 10.5. The minimum atomic E-state index is -0.776. The van der Waals surface area contributed by atoms with Crippen LogP contribution < -0.4 is 20.9 Å². The van der Waals surface area contributed by atoms with E-state index in [0.29, 0.717) is 25.6 Å². The lowest BCUT2D eigenvalue weighted by atomic mass is 9.89. The molecule has 210 valence electrons. The summed E-state index contributed by atoms with van der Waals surface area (Å²) >= 11 is 0. The Morgan fingerprint density at radius 1 is 0.950 bits per heavy atom. The lowest BCUT2D eigenvalue weighted by Crippen LogP contribution is -2.25. The van der Waals surface area contributed by atoms with Crippen molar-refractivity contribution in [2.75, 3.05) is 13.2 Å². The molecule has 1 atom stereocenters. The van der Waals surface area contributed by atoms with Crippen molar-refractivity contribution >= 4 is 0 Å². The van der Waals surface area contributed by atoms with Gasteiger partial charge in [0.1, 0.15) is 30.8 Å². The summed E-state index contributed by atoms with van der Waals surface area (Å²) in [5, 5.41) is 0. The van der Waals surface area contributed by atoms with Crippen molar-refractivity contribution in [3.05, 3.63) is 103 Å². The summed E-state index contributed by atoms with van der Waals surface area (Å²) in [5.74, 6) is 0.147. The van der Waals surface area contributed by atoms with Crippen molar-refractivity contribution < 1.29 is 23.5 Å². The van der Waals surface area contributed by atoms with Gasteiger partial charge in [0, 0.05) is 5.56 Å². The molecule has 4 aromatic rings. The Kier molecular flexibility index (Phi) is 7.69. The molecule has 1 N–H and O–H groups in total. The van der Waals surface area contributed by atoms with E-state index in [9.17, 15) is 9.59 Å². The van der Waals surface area contributed by atoms with Crippen molar-refractivity contribution in [1.29, 1.82) is 0 Å². The molecule has 0 radical (unpaired) electrons. The highest BCUT2D eigenvalue weighted by Crippen LogP contribution is 2.41. The van der Waals surface area contributed by atoms with Gasteiger partial charge < -0.3 is 23.5 Å². The number of H-pyrrole nitrogens is 1. The Bertz CT molecular complexity index is 1600. The standard InChI is InChI=1S/C31H34N2O7/c1-19-20(2)28(37-16-25-17-38-31(4,5)39-25)27(23-9-7-6-8-10-23)21(3)26(19)18-36-24-13-11-22(12-14-24)15-33-29(34)32-30(35)40-33/h6-14,25H,15-18H2,1-5H3,(H,32,34,35)/t25-/m1/s1. The summed E-state index contributed by atoms with van der Waals surface area (Å²) in [4.78, 5) is 25.0. The van der Waals surface area contributed by atoms with Crippen LogP contribution in [0.5, 0.6) is 11.5 Å². The first-order valence-corrected chi connectivity index (χ1v) is 13.3. The molecule has 0 unspecified atom stereocenters. The summed E-state index contributed by atoms with van der Waals surface area (Å²) in [6.45, 7) is 11.5. The number of hydrogen-bond acceptors (Lipinski definition) is 7. The Morgan fingerprint density at radius 2 is 1.68 bits per heavy atom. The summed E-state index contributed by atoms with van der Waals surface area (Å²) in [5.41, 5.74) is 6.66. The molecule has 5 rings (SSSR count). The number of rotatable bonds is 9. The smallest absolute Gasteiger partial charge is 0.440 e. The van der Waals surface area contributed by atoms with Crippen LogP contribution in [0.2, 0.25) is 0 Å². The van der Waals surface area contributed by atoms with Crippen LogP contribution in [-0.4, -0.2) is 34.8 Å². The SMILES string of the molecule is Cc1c(C)c(OC[C@@H]2COC(C)(C)O2)c(-c2ccccc2)c(C)c1COc1ccc(Cn2oc(=O)[nH]c2=O)cc1. The summed E-state index contributed by atoms with van der Waals surface area (Å²) in [6.07, 6.45) is -0.142. The maximum atomic E-state index is 11.7. The minimum Gasteiger partial charge on any atom is -0.490 e. The van der Waals surface area contributed by atoms with E-state index in [1.54, 1.807) is 0 Å². The molecular formula is C31H34N2O7. The average Bonchev–Trinajstić information content (AvgIpc) is 3.45. The van der Waals surface area contributed by atoms with Crippen LogP contribution in [0.3, 0.4) is 0 Å². The molecule has 9 nitrogen and oxygen atoms in total. The molecule has 3 aromatic carbocycles. The molecule has 2 heterocycles. The number of nitrogens with zero attached hydrogens (tertiary/aromatic N) is 1. The van der Waals surface area contributed by atoms with E-state index in [1.807, 2.05) is 56.3 Å². The fraction of sp³-hybridized carbons (Fsp3) is 0.355. The van der Waals surface area contributed by atoms with E-state index < -0.39 is 17.2 Å². The van der Waals surface area contributed by atoms with E-state index in [0.717, 1.165) is 49.4 Å². The zero-order valence-corrected chi connectivity index (χ0v) is 23.4. The van der Waals surface area contributed by atoms with Crippen LogP contribution >= 0.6 is 0 Å². The van der Waals surface area contributed by atoms with Gasteiger partial charge in [0.2, 0.25) is 0 Å². The molecule has 1 aliphatic rings. The van der Waals surface area contributed by atoms with E-state index in [4.69, 9.17) is 23.5 Å². The van der Waals surface area contributed by atoms with E-state index in [-0.39, 0.29) is 12.6 Å². The predicted molar refractivity (Wildman–Crippen MR) is 150 cm³/mol. The van der Waals surface area contributed by atoms with Crippen LogP contribution in [-0.2, 0) is 22.6 Å². The van der Waals surface area contributed by atoms with E-state index >= 15 is 0 Å². The first-order valence-electron chi connectivity index (χ1n) is 13.3. The number of ether oxygens (including phenoxy) is 4. The molecule has 0 saturated carbocycles. The molecule has 9 heteroatoms. The predicted octanol–water partition coefficient (Wildman–Crippen LogP) is 4.88. The van der Waals surface area contributed by atoms with Gasteiger partial charge in [-0.1, -0.05) is 42.5 Å². The van der Waals surface area contributed by atoms with Crippen LogP contribution in [0.25, 0.3) is 11.1 Å². The molecule has 0 amide bonds. The Morgan fingerprint density at radius 3 is 2.30 bits per heavy atom. The number of aromatic nitrogens is 2. The van der Waals surface area contributed by atoms with Gasteiger partial charge in [-0.05, 0) is 80.1 Å². The Labute approximate surface area is 232 Å². The maximum Gasteiger partial charge on any atom is 0.440 e. The molecular weight excluding hydrogens is 512 g/mol. The summed E-state index contributed by atoms with van der Waals surface area (Å²) < 4.78 is 30.2. The molecule has 1 aliphatic heterocycles. The molecule has 1 fully saturated rings. The lowest BCUT2D eigenvalue weighted by molar-refractivity contribution is -0.141. The summed E-state index contributed by atoms with van der Waals surface area (Å²) in [6, 6.07) is 17.6. The number of aromatic amines is 1. The number of benzene rings is 3. The molecule has 1 aromatic heterocycles. The van der Waals surface area contributed by atoms with Crippen molar-refractivity contribution in [1.82, 2.24) is 9.72 Å². The largest absolute Gasteiger partial charge is 0.490 e. The lowest BCUT2D eigenvalue weighted by Gasteiger charge is -2.24. The molecule has 40 heavy (non-hydrogen) atoms. The monoisotopic (exact) mass is 546 g/mol. The summed E-state index contributed by atoms with van der Waals surface area (Å²) in [7, 11) is 0. The number of hydrogen-bond donors (Lipinski definition) is 1. The van der Waals surface area contributed by atoms with E-state index in [1.165, 1.54) is 0 Å². The third-order valence-electron chi connectivity index (χ3n) is 7.22. The van der Waals surface area contributed by atoms with Crippen LogP contribution in [0.4, 0.5) is 0 Å². The van der Waals surface area contributed by atoms with Gasteiger partial charge in [0.05, 0.1) is 13.2 Å². The van der Waals surface area contributed by atoms with Gasteiger partial charge in [0.25, 0.3) is 0 Å². The quantitative estimate of drug-likeness (QED) is 0.319. The van der Waals surface area contributed by atoms with Crippen LogP contribution in [0.15, 0.2) is 68.7 Å². The molecule has 0 aliphatic carbocycles. The van der Waals surface area contributed by atoms with Crippen molar-refractivity contribution in [2.24, 2.45) is 0 Å². The van der Waals surface area contributed by atoms with Gasteiger partial charge >= 0.3 is 11.4 Å². The van der Waals surface area contributed by atoms with Gasteiger partial charge in [-0.25, -0.2) is 14.6 Å². The highest BCUT2D eigenvalue weighted by atomic mass is 16.7. The average molecular weight is 547 g/mol. The van der Waals surface area contributed by atoms with E-state index in [2.05, 4.69) is 37.9 Å². The van der Waals surface area contributed by atoms with Gasteiger partial charge in [0.15, 0.2) is 5.79 Å². The first kappa shape index (κ1) is 27.5. The topological polar surface area (TPSA) is 105 Å². The minimum absolute atomic E-state index is 0.142. The van der Waals surface area contributed by atoms with Gasteiger partial charge in [-0.3, -0.25) is 0 Å². The fourth-order valence-corrected chi connectivity index (χ4v) is 4.99. The molecule has 0 spiro atoms. The second kappa shape index (κ2) is 11.2. The third kappa shape index (κ3) is 5.90. The highest BCUT2D eigenvalue weighted by molar-refractivity contribution is 5.78. The van der Waals surface area contributed by atoms with Crippen molar-refractivity contribution in [2.45, 2.75) is 59.7 Å². The molecule has 1 saturated heterocycles. The first-order chi connectivity index (χ1) is 19.1. The fourth-order valence-electron chi connectivity index (χ4n) is 4.99. The third-order valence-corrected chi connectivity index (χ3v) is 7.22. The van der Waals surface area contributed by atoms with Crippen molar-refractivity contribution in [3.8, 4) is 22.6 Å². The zero-order valence-electron chi connectivity index (χ0n) is 23.4. The maximum absolute atomic E-state index is 11.7. The van der Waals surface area contributed by atoms with Gasteiger partial charge in [-0.2, -0.15) is 0 Å². The Balaban J connectivity index is 1.38. The Hall–Kier alpha value is -4.08.